The SMILES string of the molecule is COc1ccc(Br)cc1NC(=O)c1ccc(F)cc1N. The number of nitrogens with two attached hydrogens (primary N) is 1. The molecule has 1 amide bonds. The van der Waals surface area contributed by atoms with Crippen molar-refractivity contribution in [3.63, 3.8) is 0 Å². The third kappa shape index (κ3) is 3.08. The molecule has 4 nitrogen and oxygen atoms in total. The van der Waals surface area contributed by atoms with Gasteiger partial charge in [-0.15, -0.1) is 0 Å². The molecule has 104 valence electrons. The summed E-state index contributed by atoms with van der Waals surface area (Å²) < 4.78 is 18.9. The van der Waals surface area contributed by atoms with Crippen molar-refractivity contribution in [1.82, 2.24) is 0 Å². The lowest BCUT2D eigenvalue weighted by Gasteiger charge is -2.11. The lowest BCUT2D eigenvalue weighted by molar-refractivity contribution is 0.102. The summed E-state index contributed by atoms with van der Waals surface area (Å²) in [7, 11) is 1.51. The van der Waals surface area contributed by atoms with Gasteiger partial charge in [-0.2, -0.15) is 0 Å². The molecule has 0 fully saturated rings. The number of methoxy groups -OCH3 is 1. The summed E-state index contributed by atoms with van der Waals surface area (Å²) >= 11 is 3.31. The molecule has 0 atom stereocenters. The first kappa shape index (κ1) is 14.3. The predicted molar refractivity (Wildman–Crippen MR) is 79.5 cm³/mol. The van der Waals surface area contributed by atoms with E-state index in [0.717, 1.165) is 10.5 Å². The van der Waals surface area contributed by atoms with Crippen molar-refractivity contribution < 1.29 is 13.9 Å². The second-order valence-electron chi connectivity index (χ2n) is 4.03. The van der Waals surface area contributed by atoms with Gasteiger partial charge in [0, 0.05) is 10.2 Å². The zero-order valence-electron chi connectivity index (χ0n) is 10.6. The van der Waals surface area contributed by atoms with Gasteiger partial charge in [0.1, 0.15) is 11.6 Å². The van der Waals surface area contributed by atoms with Crippen LogP contribution < -0.4 is 15.8 Å². The molecule has 0 aromatic heterocycles. The molecule has 0 bridgehead atoms. The fourth-order valence-electron chi connectivity index (χ4n) is 1.71. The van der Waals surface area contributed by atoms with E-state index in [2.05, 4.69) is 21.2 Å². The molecule has 0 heterocycles. The summed E-state index contributed by atoms with van der Waals surface area (Å²) in [6.45, 7) is 0. The molecule has 0 saturated carbocycles. The molecule has 2 rings (SSSR count). The largest absolute Gasteiger partial charge is 0.495 e. The summed E-state index contributed by atoms with van der Waals surface area (Å²) in [5.74, 6) is -0.403. The Kier molecular flexibility index (Phi) is 4.24. The Hall–Kier alpha value is -2.08. The van der Waals surface area contributed by atoms with E-state index in [-0.39, 0.29) is 11.3 Å². The van der Waals surface area contributed by atoms with Crippen LogP contribution in [0.1, 0.15) is 10.4 Å². The minimum absolute atomic E-state index is 0.0801. The summed E-state index contributed by atoms with van der Waals surface area (Å²) in [6, 6.07) is 8.84. The van der Waals surface area contributed by atoms with Gasteiger partial charge in [-0.05, 0) is 36.4 Å². The van der Waals surface area contributed by atoms with E-state index in [1.807, 2.05) is 0 Å². The van der Waals surface area contributed by atoms with Crippen molar-refractivity contribution in [2.24, 2.45) is 0 Å². The highest BCUT2D eigenvalue weighted by atomic mass is 79.9. The Balaban J connectivity index is 2.30. The molecule has 0 aliphatic heterocycles. The Morgan fingerprint density at radius 3 is 2.70 bits per heavy atom. The summed E-state index contributed by atoms with van der Waals surface area (Å²) in [5, 5.41) is 2.68. The maximum absolute atomic E-state index is 13.0. The van der Waals surface area contributed by atoms with E-state index in [1.165, 1.54) is 19.2 Å². The molecule has 6 heteroatoms. The maximum Gasteiger partial charge on any atom is 0.257 e. The number of carbonyl (C=O) groups is 1. The first-order valence-corrected chi connectivity index (χ1v) is 6.50. The molecule has 0 aliphatic carbocycles. The molecule has 0 unspecified atom stereocenters. The molecule has 0 spiro atoms. The van der Waals surface area contributed by atoms with Crippen LogP contribution in [0.3, 0.4) is 0 Å². The number of ether oxygens (including phenoxy) is 1. The Morgan fingerprint density at radius 2 is 2.05 bits per heavy atom. The number of hydrogen-bond donors (Lipinski definition) is 2. The first-order chi connectivity index (χ1) is 9.51. The van der Waals surface area contributed by atoms with Gasteiger partial charge >= 0.3 is 0 Å². The minimum Gasteiger partial charge on any atom is -0.495 e. The van der Waals surface area contributed by atoms with Crippen LogP contribution in [0.15, 0.2) is 40.9 Å². The standard InChI is InChI=1S/C14H12BrFN2O2/c1-20-13-5-2-8(15)6-12(13)18-14(19)10-4-3-9(16)7-11(10)17/h2-7H,17H2,1H3,(H,18,19). The molecule has 0 radical (unpaired) electrons. The average Bonchev–Trinajstić information content (AvgIpc) is 2.38. The number of rotatable bonds is 3. The van der Waals surface area contributed by atoms with Crippen molar-refractivity contribution in [3.8, 4) is 5.75 Å². The second kappa shape index (κ2) is 5.92. The zero-order valence-corrected chi connectivity index (χ0v) is 12.2. The van der Waals surface area contributed by atoms with Crippen molar-refractivity contribution in [3.05, 3.63) is 52.3 Å². The average molecular weight is 339 g/mol. The highest BCUT2D eigenvalue weighted by Crippen LogP contribution is 2.28. The number of benzene rings is 2. The van der Waals surface area contributed by atoms with E-state index in [4.69, 9.17) is 10.5 Å². The van der Waals surface area contributed by atoms with Gasteiger partial charge in [0.15, 0.2) is 0 Å². The van der Waals surface area contributed by atoms with Crippen molar-refractivity contribution in [2.45, 2.75) is 0 Å². The Labute approximate surface area is 123 Å². The topological polar surface area (TPSA) is 64.3 Å². The quantitative estimate of drug-likeness (QED) is 0.842. The highest BCUT2D eigenvalue weighted by Gasteiger charge is 2.13. The smallest absolute Gasteiger partial charge is 0.257 e. The molecular weight excluding hydrogens is 327 g/mol. The van der Waals surface area contributed by atoms with Crippen LogP contribution in [0, 0.1) is 5.82 Å². The normalized spacial score (nSPS) is 10.2. The zero-order chi connectivity index (χ0) is 14.7. The van der Waals surface area contributed by atoms with Crippen molar-refractivity contribution in [1.29, 1.82) is 0 Å². The van der Waals surface area contributed by atoms with E-state index in [9.17, 15) is 9.18 Å². The Bertz CT molecular complexity index is 662. The highest BCUT2D eigenvalue weighted by molar-refractivity contribution is 9.10. The van der Waals surface area contributed by atoms with Crippen molar-refractivity contribution >= 4 is 33.2 Å². The second-order valence-corrected chi connectivity index (χ2v) is 4.95. The number of nitrogens with one attached hydrogen (secondary N) is 1. The van der Waals surface area contributed by atoms with Gasteiger partial charge in [-0.25, -0.2) is 4.39 Å². The summed E-state index contributed by atoms with van der Waals surface area (Å²) in [4.78, 5) is 12.1. The fourth-order valence-corrected chi connectivity index (χ4v) is 2.07. The Morgan fingerprint density at radius 1 is 1.30 bits per heavy atom. The van der Waals surface area contributed by atoms with Gasteiger partial charge < -0.3 is 15.8 Å². The monoisotopic (exact) mass is 338 g/mol. The maximum atomic E-state index is 13.0. The summed E-state index contributed by atoms with van der Waals surface area (Å²) in [6.07, 6.45) is 0. The third-order valence-electron chi connectivity index (χ3n) is 2.67. The van der Waals surface area contributed by atoms with Gasteiger partial charge in [-0.3, -0.25) is 4.79 Å². The van der Waals surface area contributed by atoms with E-state index < -0.39 is 11.7 Å². The van der Waals surface area contributed by atoms with E-state index in [1.54, 1.807) is 18.2 Å². The predicted octanol–water partition coefficient (Wildman–Crippen LogP) is 3.43. The fraction of sp³-hybridized carbons (Fsp3) is 0.0714. The summed E-state index contributed by atoms with van der Waals surface area (Å²) in [5.41, 5.74) is 6.41. The van der Waals surface area contributed by atoms with Gasteiger partial charge in [0.2, 0.25) is 0 Å². The number of anilines is 2. The first-order valence-electron chi connectivity index (χ1n) is 5.71. The van der Waals surface area contributed by atoms with Crippen LogP contribution in [-0.2, 0) is 0 Å². The van der Waals surface area contributed by atoms with Crippen LogP contribution in [0.25, 0.3) is 0 Å². The molecule has 2 aromatic carbocycles. The third-order valence-corrected chi connectivity index (χ3v) is 3.16. The lowest BCUT2D eigenvalue weighted by Crippen LogP contribution is -2.14. The molecular formula is C14H12BrFN2O2. The molecule has 0 aliphatic rings. The van der Waals surface area contributed by atoms with Gasteiger partial charge in [-0.1, -0.05) is 15.9 Å². The van der Waals surface area contributed by atoms with Crippen LogP contribution in [0.5, 0.6) is 5.75 Å². The van der Waals surface area contributed by atoms with E-state index >= 15 is 0 Å². The van der Waals surface area contributed by atoms with Gasteiger partial charge in [0.25, 0.3) is 5.91 Å². The van der Waals surface area contributed by atoms with Crippen molar-refractivity contribution in [2.75, 3.05) is 18.2 Å². The number of amides is 1. The number of nitrogen functional groups attached to an aromatic ring is 1. The van der Waals surface area contributed by atoms with Crippen LogP contribution >= 0.6 is 15.9 Å². The molecule has 0 saturated heterocycles. The molecule has 20 heavy (non-hydrogen) atoms. The lowest BCUT2D eigenvalue weighted by atomic mass is 10.1. The molecule has 2 aromatic rings. The number of halogens is 2. The molecule has 3 N–H and O–H groups in total. The number of hydrogen-bond acceptors (Lipinski definition) is 3. The van der Waals surface area contributed by atoms with E-state index in [0.29, 0.717) is 11.4 Å². The van der Waals surface area contributed by atoms with Crippen LogP contribution in [0.2, 0.25) is 0 Å². The number of carbonyl (C=O) groups excluding carboxylic acids is 1. The minimum atomic E-state index is -0.487. The van der Waals surface area contributed by atoms with Crippen LogP contribution in [-0.4, -0.2) is 13.0 Å². The van der Waals surface area contributed by atoms with Crippen LogP contribution in [0.4, 0.5) is 15.8 Å². The van der Waals surface area contributed by atoms with Gasteiger partial charge in [0.05, 0.1) is 18.4 Å².